The van der Waals surface area contributed by atoms with Crippen molar-refractivity contribution in [1.82, 2.24) is 14.9 Å². The number of hydrogen-bond acceptors (Lipinski definition) is 7. The number of benzene rings is 2. The largest absolute Gasteiger partial charge is 0.496 e. The van der Waals surface area contributed by atoms with Gasteiger partial charge >= 0.3 is 0 Å². The summed E-state index contributed by atoms with van der Waals surface area (Å²) >= 11 is 6.86. The lowest BCUT2D eigenvalue weighted by molar-refractivity contribution is 0.374. The molecule has 0 atom stereocenters. The van der Waals surface area contributed by atoms with Crippen molar-refractivity contribution in [2.75, 3.05) is 21.3 Å². The number of hydrogen-bond donors (Lipinski definition) is 1. The first-order chi connectivity index (χ1) is 13.7. The second-order valence-corrected chi connectivity index (χ2v) is 6.92. The highest BCUT2D eigenvalue weighted by Crippen LogP contribution is 2.32. The number of thioether (sulfide) groups is 1. The molecule has 0 spiro atoms. The Kier molecular flexibility index (Phi) is 6.72. The van der Waals surface area contributed by atoms with E-state index < -0.39 is 0 Å². The van der Waals surface area contributed by atoms with Gasteiger partial charge in [-0.2, -0.15) is 9.78 Å². The number of rotatable bonds is 8. The minimum absolute atomic E-state index is 0.401. The van der Waals surface area contributed by atoms with Gasteiger partial charge in [0, 0.05) is 17.9 Å². The second kappa shape index (κ2) is 9.43. The highest BCUT2D eigenvalue weighted by atomic mass is 32.2. The standard InChI is InChI=1S/C19H20N4O3S2/c1-24-14-9-16(25-2)15(17(10-14)26-3)11-20-23-18(27)21-22-19(23)28-12-13-7-5-4-6-8-13/h4-11H,12H2,1-3H3,(H,21,27). The zero-order valence-electron chi connectivity index (χ0n) is 15.7. The second-order valence-electron chi connectivity index (χ2n) is 5.59. The molecule has 0 radical (unpaired) electrons. The van der Waals surface area contributed by atoms with Gasteiger partial charge in [-0.25, -0.2) is 5.10 Å². The van der Waals surface area contributed by atoms with Crippen molar-refractivity contribution in [1.29, 1.82) is 0 Å². The third-order valence-electron chi connectivity index (χ3n) is 3.89. The van der Waals surface area contributed by atoms with Crippen molar-refractivity contribution in [2.45, 2.75) is 10.9 Å². The van der Waals surface area contributed by atoms with Gasteiger partial charge in [-0.1, -0.05) is 42.1 Å². The van der Waals surface area contributed by atoms with Crippen LogP contribution >= 0.6 is 24.0 Å². The fraction of sp³-hybridized carbons (Fsp3) is 0.211. The maximum atomic E-state index is 5.45. The highest BCUT2D eigenvalue weighted by Gasteiger charge is 2.12. The smallest absolute Gasteiger partial charge is 0.217 e. The Balaban J connectivity index is 1.89. The summed E-state index contributed by atoms with van der Waals surface area (Å²) in [5.41, 5.74) is 1.86. The van der Waals surface area contributed by atoms with Gasteiger partial charge in [-0.3, -0.25) is 0 Å². The molecule has 0 saturated carbocycles. The minimum atomic E-state index is 0.401. The Bertz CT molecular complexity index is 991. The lowest BCUT2D eigenvalue weighted by atomic mass is 10.2. The number of aromatic amines is 1. The van der Waals surface area contributed by atoms with E-state index >= 15 is 0 Å². The predicted molar refractivity (Wildman–Crippen MR) is 113 cm³/mol. The molecule has 28 heavy (non-hydrogen) atoms. The van der Waals surface area contributed by atoms with Crippen molar-refractivity contribution in [3.05, 3.63) is 58.4 Å². The molecule has 0 amide bonds. The van der Waals surface area contributed by atoms with Gasteiger partial charge in [0.1, 0.15) is 17.2 Å². The van der Waals surface area contributed by atoms with Crippen LogP contribution in [0.4, 0.5) is 0 Å². The summed E-state index contributed by atoms with van der Waals surface area (Å²) in [5.74, 6) is 2.54. The first kappa shape index (κ1) is 20.0. The summed E-state index contributed by atoms with van der Waals surface area (Å²) in [6.45, 7) is 0. The van der Waals surface area contributed by atoms with Gasteiger partial charge in [0.05, 0.1) is 33.1 Å². The van der Waals surface area contributed by atoms with Crippen LogP contribution in [0.15, 0.2) is 52.7 Å². The van der Waals surface area contributed by atoms with Crippen molar-refractivity contribution < 1.29 is 14.2 Å². The molecule has 3 aromatic rings. The van der Waals surface area contributed by atoms with E-state index in [4.69, 9.17) is 26.4 Å². The number of H-pyrrole nitrogens is 1. The molecule has 7 nitrogen and oxygen atoms in total. The summed E-state index contributed by atoms with van der Waals surface area (Å²) in [6.07, 6.45) is 1.63. The molecule has 9 heteroatoms. The van der Waals surface area contributed by atoms with Crippen LogP contribution in [0.1, 0.15) is 11.1 Å². The summed E-state index contributed by atoms with van der Waals surface area (Å²) in [6, 6.07) is 13.7. The fourth-order valence-corrected chi connectivity index (χ4v) is 3.57. The number of methoxy groups -OCH3 is 3. The Hall–Kier alpha value is -2.78. The molecule has 0 aliphatic carbocycles. The normalized spacial score (nSPS) is 11.0. The third kappa shape index (κ3) is 4.55. The zero-order valence-corrected chi connectivity index (χ0v) is 17.3. The number of nitrogens with zero attached hydrogens (tertiary/aromatic N) is 3. The fourth-order valence-electron chi connectivity index (χ4n) is 2.47. The maximum Gasteiger partial charge on any atom is 0.217 e. The first-order valence-corrected chi connectivity index (χ1v) is 9.74. The van der Waals surface area contributed by atoms with Crippen LogP contribution in [-0.4, -0.2) is 42.4 Å². The van der Waals surface area contributed by atoms with Crippen molar-refractivity contribution in [3.63, 3.8) is 0 Å². The van der Waals surface area contributed by atoms with Crippen LogP contribution in [-0.2, 0) is 5.75 Å². The highest BCUT2D eigenvalue weighted by molar-refractivity contribution is 7.98. The number of ether oxygens (including phenoxy) is 3. The maximum absolute atomic E-state index is 5.45. The summed E-state index contributed by atoms with van der Waals surface area (Å²) in [7, 11) is 4.75. The van der Waals surface area contributed by atoms with Crippen LogP contribution in [0.3, 0.4) is 0 Å². The average molecular weight is 417 g/mol. The van der Waals surface area contributed by atoms with Crippen LogP contribution in [0, 0.1) is 4.77 Å². The monoisotopic (exact) mass is 416 g/mol. The van der Waals surface area contributed by atoms with E-state index in [9.17, 15) is 0 Å². The molecule has 0 aliphatic rings. The molecule has 3 rings (SSSR count). The van der Waals surface area contributed by atoms with Crippen LogP contribution in [0.25, 0.3) is 0 Å². The van der Waals surface area contributed by atoms with E-state index in [-0.39, 0.29) is 0 Å². The van der Waals surface area contributed by atoms with E-state index in [1.54, 1.807) is 44.4 Å². The summed E-state index contributed by atoms with van der Waals surface area (Å²) < 4.78 is 18.2. The molecule has 1 aromatic heterocycles. The molecular weight excluding hydrogens is 396 g/mol. The van der Waals surface area contributed by atoms with E-state index in [1.165, 1.54) is 17.3 Å². The molecule has 2 aromatic carbocycles. The van der Waals surface area contributed by atoms with E-state index in [0.717, 1.165) is 5.75 Å². The van der Waals surface area contributed by atoms with Gasteiger partial charge in [-0.05, 0) is 17.8 Å². The van der Waals surface area contributed by atoms with E-state index in [1.807, 2.05) is 18.2 Å². The predicted octanol–water partition coefficient (Wildman–Crippen LogP) is 4.14. The summed E-state index contributed by atoms with van der Waals surface area (Å²) in [5, 5.41) is 12.2. The van der Waals surface area contributed by atoms with Crippen LogP contribution in [0.2, 0.25) is 0 Å². The molecule has 0 unspecified atom stereocenters. The van der Waals surface area contributed by atoms with Crippen molar-refractivity contribution >= 4 is 30.2 Å². The van der Waals surface area contributed by atoms with E-state index in [2.05, 4.69) is 27.4 Å². The third-order valence-corrected chi connectivity index (χ3v) is 5.15. The van der Waals surface area contributed by atoms with Crippen LogP contribution < -0.4 is 14.2 Å². The van der Waals surface area contributed by atoms with Gasteiger partial charge in [0.15, 0.2) is 0 Å². The molecule has 146 valence electrons. The molecular formula is C19H20N4O3S2. The average Bonchev–Trinajstić information content (AvgIpc) is 3.10. The van der Waals surface area contributed by atoms with Gasteiger partial charge in [0.2, 0.25) is 9.93 Å². The Morgan fingerprint density at radius 3 is 2.39 bits per heavy atom. The number of nitrogens with one attached hydrogen (secondary N) is 1. The Morgan fingerprint density at radius 2 is 1.79 bits per heavy atom. The Labute approximate surface area is 172 Å². The van der Waals surface area contributed by atoms with Gasteiger partial charge in [0.25, 0.3) is 0 Å². The van der Waals surface area contributed by atoms with Crippen molar-refractivity contribution in [3.8, 4) is 17.2 Å². The number of aromatic nitrogens is 3. The Morgan fingerprint density at radius 1 is 1.11 bits per heavy atom. The first-order valence-electron chi connectivity index (χ1n) is 8.34. The van der Waals surface area contributed by atoms with Crippen molar-refractivity contribution in [2.24, 2.45) is 5.10 Å². The summed E-state index contributed by atoms with van der Waals surface area (Å²) in [4.78, 5) is 0. The van der Waals surface area contributed by atoms with Gasteiger partial charge < -0.3 is 14.2 Å². The molecule has 0 saturated heterocycles. The topological polar surface area (TPSA) is 73.7 Å². The molecule has 0 aliphatic heterocycles. The lowest BCUT2D eigenvalue weighted by Crippen LogP contribution is -2.00. The zero-order chi connectivity index (χ0) is 19.9. The van der Waals surface area contributed by atoms with Gasteiger partial charge in [-0.15, -0.1) is 5.10 Å². The van der Waals surface area contributed by atoms with E-state index in [0.29, 0.717) is 32.7 Å². The SMILES string of the molecule is COc1cc(OC)c(C=Nn2c(SCc3ccccc3)n[nH]c2=S)c(OC)c1. The quantitative estimate of drug-likeness (QED) is 0.338. The molecule has 0 bridgehead atoms. The van der Waals surface area contributed by atoms with Crippen LogP contribution in [0.5, 0.6) is 17.2 Å². The molecule has 1 heterocycles. The lowest BCUT2D eigenvalue weighted by Gasteiger charge is -2.12. The molecule has 0 fully saturated rings. The molecule has 1 N–H and O–H groups in total. The minimum Gasteiger partial charge on any atom is -0.496 e.